The van der Waals surface area contributed by atoms with E-state index in [0.717, 1.165) is 24.2 Å². The van der Waals surface area contributed by atoms with Gasteiger partial charge >= 0.3 is 0 Å². The summed E-state index contributed by atoms with van der Waals surface area (Å²) in [7, 11) is 0. The van der Waals surface area contributed by atoms with Crippen LogP contribution < -0.4 is 11.3 Å². The van der Waals surface area contributed by atoms with E-state index >= 15 is 0 Å². The Hall–Kier alpha value is -0.580. The molecule has 0 fully saturated rings. The predicted molar refractivity (Wildman–Crippen MR) is 73.4 cm³/mol. The highest BCUT2D eigenvalue weighted by atomic mass is 32.2. The average molecular weight is 256 g/mol. The average Bonchev–Trinajstić information content (AvgIpc) is 2.34. The van der Waals surface area contributed by atoms with E-state index < -0.39 is 0 Å². The van der Waals surface area contributed by atoms with Gasteiger partial charge in [0.15, 0.2) is 0 Å². The van der Waals surface area contributed by atoms with Gasteiger partial charge in [-0.25, -0.2) is 4.39 Å². The molecule has 3 N–H and O–H groups in total. The Morgan fingerprint density at radius 1 is 1.47 bits per heavy atom. The van der Waals surface area contributed by atoms with Crippen LogP contribution in [-0.4, -0.2) is 17.0 Å². The van der Waals surface area contributed by atoms with Crippen LogP contribution in [0.5, 0.6) is 0 Å². The van der Waals surface area contributed by atoms with Crippen molar-refractivity contribution in [2.45, 2.75) is 38.0 Å². The summed E-state index contributed by atoms with van der Waals surface area (Å²) >= 11 is 1.90. The molecule has 0 aliphatic carbocycles. The molecule has 0 spiro atoms. The molecular formula is C13H21FN2S. The van der Waals surface area contributed by atoms with Crippen LogP contribution in [0.3, 0.4) is 0 Å². The lowest BCUT2D eigenvalue weighted by Crippen LogP contribution is -2.39. The summed E-state index contributed by atoms with van der Waals surface area (Å²) in [6.07, 6.45) is 1.92. The second-order valence-electron chi connectivity index (χ2n) is 4.25. The number of hydrogen-bond acceptors (Lipinski definition) is 3. The molecule has 0 radical (unpaired) electrons. The molecule has 96 valence electrons. The first kappa shape index (κ1) is 14.5. The highest BCUT2D eigenvalue weighted by Gasteiger charge is 2.10. The lowest BCUT2D eigenvalue weighted by Gasteiger charge is -2.17. The molecule has 0 aliphatic rings. The topological polar surface area (TPSA) is 38.0 Å². The smallest absolute Gasteiger partial charge is 0.123 e. The van der Waals surface area contributed by atoms with Gasteiger partial charge in [-0.2, -0.15) is 11.8 Å². The lowest BCUT2D eigenvalue weighted by atomic mass is 10.1. The third kappa shape index (κ3) is 5.52. The van der Waals surface area contributed by atoms with Crippen LogP contribution in [0.25, 0.3) is 0 Å². The zero-order valence-electron chi connectivity index (χ0n) is 10.4. The fourth-order valence-electron chi connectivity index (χ4n) is 1.51. The van der Waals surface area contributed by atoms with Crippen molar-refractivity contribution in [2.75, 3.05) is 5.75 Å². The van der Waals surface area contributed by atoms with Gasteiger partial charge in [-0.1, -0.05) is 26.0 Å². The standard InChI is InChI=1S/C13H21FN2S/c1-3-10(2)17-9-13(16-15)8-11-5-4-6-12(14)7-11/h4-7,10,13,16H,3,8-9,15H2,1-2H3. The van der Waals surface area contributed by atoms with Crippen molar-refractivity contribution in [1.29, 1.82) is 0 Å². The van der Waals surface area contributed by atoms with Gasteiger partial charge in [0.25, 0.3) is 0 Å². The molecule has 0 aromatic heterocycles. The van der Waals surface area contributed by atoms with Crippen LogP contribution in [-0.2, 0) is 6.42 Å². The van der Waals surface area contributed by atoms with Crippen LogP contribution in [0, 0.1) is 5.82 Å². The van der Waals surface area contributed by atoms with E-state index in [1.54, 1.807) is 12.1 Å². The molecule has 0 bridgehead atoms. The van der Waals surface area contributed by atoms with Gasteiger partial charge in [0.1, 0.15) is 5.82 Å². The molecule has 4 heteroatoms. The van der Waals surface area contributed by atoms with E-state index in [9.17, 15) is 4.39 Å². The van der Waals surface area contributed by atoms with Crippen molar-refractivity contribution in [3.8, 4) is 0 Å². The third-order valence-electron chi connectivity index (χ3n) is 2.76. The third-order valence-corrected chi connectivity index (χ3v) is 4.26. The fourth-order valence-corrected chi connectivity index (χ4v) is 2.52. The number of benzene rings is 1. The molecular weight excluding hydrogens is 235 g/mol. The lowest BCUT2D eigenvalue weighted by molar-refractivity contribution is 0.570. The van der Waals surface area contributed by atoms with Crippen molar-refractivity contribution < 1.29 is 4.39 Å². The Labute approximate surface area is 107 Å². The predicted octanol–water partition coefficient (Wildman–Crippen LogP) is 2.73. The highest BCUT2D eigenvalue weighted by molar-refractivity contribution is 7.99. The van der Waals surface area contributed by atoms with Crippen molar-refractivity contribution in [3.63, 3.8) is 0 Å². The number of hydrazine groups is 1. The van der Waals surface area contributed by atoms with Crippen LogP contribution in [0.2, 0.25) is 0 Å². The van der Waals surface area contributed by atoms with Crippen LogP contribution >= 0.6 is 11.8 Å². The summed E-state index contributed by atoms with van der Waals surface area (Å²) in [6.45, 7) is 4.38. The minimum Gasteiger partial charge on any atom is -0.271 e. The van der Waals surface area contributed by atoms with E-state index in [-0.39, 0.29) is 11.9 Å². The first-order chi connectivity index (χ1) is 8.15. The monoisotopic (exact) mass is 256 g/mol. The maximum absolute atomic E-state index is 13.0. The van der Waals surface area contributed by atoms with Crippen LogP contribution in [0.1, 0.15) is 25.8 Å². The van der Waals surface area contributed by atoms with Crippen molar-refractivity contribution in [2.24, 2.45) is 5.84 Å². The number of nitrogens with two attached hydrogens (primary N) is 1. The Kier molecular flexibility index (Phi) is 6.55. The highest BCUT2D eigenvalue weighted by Crippen LogP contribution is 2.16. The van der Waals surface area contributed by atoms with Gasteiger partial charge < -0.3 is 0 Å². The van der Waals surface area contributed by atoms with E-state index in [1.807, 2.05) is 17.8 Å². The van der Waals surface area contributed by atoms with Gasteiger partial charge in [-0.05, 0) is 30.5 Å². The first-order valence-corrected chi connectivity index (χ1v) is 7.02. The number of hydrogen-bond donors (Lipinski definition) is 2. The van der Waals surface area contributed by atoms with E-state index in [2.05, 4.69) is 19.3 Å². The number of rotatable bonds is 7. The summed E-state index contributed by atoms with van der Waals surface area (Å²) in [6, 6.07) is 6.89. The zero-order valence-corrected chi connectivity index (χ0v) is 11.3. The summed E-state index contributed by atoms with van der Waals surface area (Å²) < 4.78 is 13.0. The molecule has 1 rings (SSSR count). The Morgan fingerprint density at radius 2 is 2.24 bits per heavy atom. The normalized spacial score (nSPS) is 14.6. The van der Waals surface area contributed by atoms with Gasteiger partial charge in [-0.15, -0.1) is 0 Å². The van der Waals surface area contributed by atoms with Gasteiger partial charge in [0, 0.05) is 17.0 Å². The SMILES string of the molecule is CCC(C)SCC(Cc1cccc(F)c1)NN. The summed E-state index contributed by atoms with van der Waals surface area (Å²) in [5, 5.41) is 0.637. The minimum atomic E-state index is -0.187. The molecule has 0 saturated carbocycles. The maximum Gasteiger partial charge on any atom is 0.123 e. The maximum atomic E-state index is 13.0. The van der Waals surface area contributed by atoms with E-state index in [4.69, 9.17) is 5.84 Å². The molecule has 2 atom stereocenters. The number of thioether (sulfide) groups is 1. The van der Waals surface area contributed by atoms with Gasteiger partial charge in [0.05, 0.1) is 0 Å². The molecule has 1 aromatic carbocycles. The Balaban J connectivity index is 2.46. The Morgan fingerprint density at radius 3 is 2.82 bits per heavy atom. The molecule has 0 amide bonds. The Bertz CT molecular complexity index is 333. The number of nitrogens with one attached hydrogen (secondary N) is 1. The number of halogens is 1. The zero-order chi connectivity index (χ0) is 12.7. The largest absolute Gasteiger partial charge is 0.271 e. The second-order valence-corrected chi connectivity index (χ2v) is 5.72. The van der Waals surface area contributed by atoms with E-state index in [0.29, 0.717) is 5.25 Å². The summed E-state index contributed by atoms with van der Waals surface area (Å²) in [5.74, 6) is 6.29. The fraction of sp³-hybridized carbons (Fsp3) is 0.538. The molecule has 0 heterocycles. The second kappa shape index (κ2) is 7.69. The molecule has 17 heavy (non-hydrogen) atoms. The molecule has 2 nitrogen and oxygen atoms in total. The van der Waals surface area contributed by atoms with Gasteiger partial charge in [-0.3, -0.25) is 11.3 Å². The van der Waals surface area contributed by atoms with Crippen molar-refractivity contribution in [3.05, 3.63) is 35.6 Å². The molecule has 0 saturated heterocycles. The van der Waals surface area contributed by atoms with Crippen LogP contribution in [0.4, 0.5) is 4.39 Å². The van der Waals surface area contributed by atoms with E-state index in [1.165, 1.54) is 6.07 Å². The molecule has 1 aromatic rings. The molecule has 2 unspecified atom stereocenters. The minimum absolute atomic E-state index is 0.187. The summed E-state index contributed by atoms with van der Waals surface area (Å²) in [4.78, 5) is 0. The van der Waals surface area contributed by atoms with Gasteiger partial charge in [0.2, 0.25) is 0 Å². The molecule has 0 aliphatic heterocycles. The van der Waals surface area contributed by atoms with Crippen molar-refractivity contribution in [1.82, 2.24) is 5.43 Å². The van der Waals surface area contributed by atoms with Crippen LogP contribution in [0.15, 0.2) is 24.3 Å². The quantitative estimate of drug-likeness (QED) is 0.582. The van der Waals surface area contributed by atoms with Crippen molar-refractivity contribution >= 4 is 11.8 Å². The first-order valence-electron chi connectivity index (χ1n) is 5.97. The summed E-state index contributed by atoms with van der Waals surface area (Å²) in [5.41, 5.74) is 3.79.